The number of aryl methyl sites for hydroxylation is 1. The number of hydrogen-bond donors (Lipinski definition) is 0. The third-order valence-corrected chi connectivity index (χ3v) is 3.66. The van der Waals surface area contributed by atoms with E-state index in [1.165, 1.54) is 0 Å². The zero-order chi connectivity index (χ0) is 16.9. The predicted molar refractivity (Wildman–Crippen MR) is 90.4 cm³/mol. The smallest absolute Gasteiger partial charge is 0.247 e. The van der Waals surface area contributed by atoms with Crippen molar-refractivity contribution in [2.24, 2.45) is 0 Å². The Morgan fingerprint density at radius 3 is 2.42 bits per heavy atom. The fourth-order valence-corrected chi connectivity index (χ4v) is 2.20. The second-order valence-corrected chi connectivity index (χ2v) is 5.53. The molecule has 0 bridgehead atoms. The van der Waals surface area contributed by atoms with E-state index >= 15 is 0 Å². The molecule has 2 aromatic carbocycles. The summed E-state index contributed by atoms with van der Waals surface area (Å²) in [6.45, 7) is 1.91. The van der Waals surface area contributed by atoms with Gasteiger partial charge < -0.3 is 9.15 Å². The van der Waals surface area contributed by atoms with E-state index < -0.39 is 0 Å². The van der Waals surface area contributed by atoms with Crippen LogP contribution in [0.3, 0.4) is 0 Å². The van der Waals surface area contributed by atoms with Crippen molar-refractivity contribution in [3.8, 4) is 17.2 Å². The third-order valence-electron chi connectivity index (χ3n) is 3.41. The van der Waals surface area contributed by atoms with Gasteiger partial charge in [0.25, 0.3) is 0 Å². The molecule has 0 fully saturated rings. The Labute approximate surface area is 144 Å². The van der Waals surface area contributed by atoms with E-state index in [1.807, 2.05) is 19.1 Å². The number of ether oxygens (including phenoxy) is 1. The maximum atomic E-state index is 12.1. The average molecular weight is 343 g/mol. The minimum atomic E-state index is -0.111. The lowest BCUT2D eigenvalue weighted by Crippen LogP contribution is -2.11. The molecule has 0 saturated carbocycles. The van der Waals surface area contributed by atoms with Crippen molar-refractivity contribution in [2.75, 3.05) is 6.61 Å². The first-order valence-electron chi connectivity index (χ1n) is 7.50. The lowest BCUT2D eigenvalue weighted by atomic mass is 10.1. The normalized spacial score (nSPS) is 10.6. The number of hydrogen-bond acceptors (Lipinski definition) is 5. The van der Waals surface area contributed by atoms with Crippen LogP contribution in [0.25, 0.3) is 11.5 Å². The lowest BCUT2D eigenvalue weighted by molar-refractivity contribution is 0.0921. The molecule has 0 saturated heterocycles. The largest absolute Gasteiger partial charge is 0.485 e. The third kappa shape index (κ3) is 3.81. The van der Waals surface area contributed by atoms with Crippen molar-refractivity contribution in [1.29, 1.82) is 0 Å². The van der Waals surface area contributed by atoms with E-state index in [2.05, 4.69) is 10.2 Å². The van der Waals surface area contributed by atoms with E-state index in [4.69, 9.17) is 20.8 Å². The highest BCUT2D eigenvalue weighted by Gasteiger charge is 2.09. The van der Waals surface area contributed by atoms with Crippen LogP contribution < -0.4 is 4.74 Å². The molecule has 0 spiro atoms. The predicted octanol–water partition coefficient (Wildman–Crippen LogP) is 4.21. The lowest BCUT2D eigenvalue weighted by Gasteiger charge is -2.06. The fraction of sp³-hybridized carbons (Fsp3) is 0.167. The SMILES string of the molecule is CCc1nnc(-c2ccc(OCC(=O)c3ccc(Cl)cc3)cc2)o1. The Kier molecular flexibility index (Phi) is 4.91. The summed E-state index contributed by atoms with van der Waals surface area (Å²) in [7, 11) is 0. The number of ketones is 1. The van der Waals surface area contributed by atoms with Gasteiger partial charge >= 0.3 is 0 Å². The number of carbonyl (C=O) groups is 1. The molecule has 0 unspecified atom stereocenters. The second-order valence-electron chi connectivity index (χ2n) is 5.10. The van der Waals surface area contributed by atoms with Gasteiger partial charge in [-0.05, 0) is 48.5 Å². The Balaban J connectivity index is 1.61. The quantitative estimate of drug-likeness (QED) is 0.628. The minimum absolute atomic E-state index is 0.0402. The molecule has 3 rings (SSSR count). The van der Waals surface area contributed by atoms with E-state index in [-0.39, 0.29) is 12.4 Å². The molecule has 0 radical (unpaired) electrons. The molecular formula is C18H15ClN2O3. The summed E-state index contributed by atoms with van der Waals surface area (Å²) in [5.74, 6) is 1.55. The number of rotatable bonds is 6. The van der Waals surface area contributed by atoms with Gasteiger partial charge in [0.2, 0.25) is 11.8 Å². The van der Waals surface area contributed by atoms with Gasteiger partial charge in [-0.2, -0.15) is 0 Å². The highest BCUT2D eigenvalue weighted by Crippen LogP contribution is 2.21. The van der Waals surface area contributed by atoms with E-state index in [0.717, 1.165) is 5.56 Å². The number of halogens is 1. The second kappa shape index (κ2) is 7.27. The molecule has 0 N–H and O–H groups in total. The van der Waals surface area contributed by atoms with Crippen molar-refractivity contribution >= 4 is 17.4 Å². The molecule has 122 valence electrons. The molecular weight excluding hydrogens is 328 g/mol. The minimum Gasteiger partial charge on any atom is -0.485 e. The Bertz CT molecular complexity index is 826. The van der Waals surface area contributed by atoms with E-state index in [9.17, 15) is 4.79 Å². The first-order valence-corrected chi connectivity index (χ1v) is 7.88. The van der Waals surface area contributed by atoms with Crippen LogP contribution in [0.5, 0.6) is 5.75 Å². The van der Waals surface area contributed by atoms with Gasteiger partial charge in [0.05, 0.1) is 0 Å². The van der Waals surface area contributed by atoms with Gasteiger partial charge in [-0.3, -0.25) is 4.79 Å². The number of Topliss-reactive ketones (excluding diaryl/α,β-unsaturated/α-hetero) is 1. The van der Waals surface area contributed by atoms with Crippen LogP contribution in [0.15, 0.2) is 52.9 Å². The molecule has 1 heterocycles. The molecule has 0 atom stereocenters. The van der Waals surface area contributed by atoms with Crippen LogP contribution in [0.1, 0.15) is 23.2 Å². The van der Waals surface area contributed by atoms with Gasteiger partial charge in [-0.1, -0.05) is 18.5 Å². The average Bonchev–Trinajstić information content (AvgIpc) is 3.10. The summed E-state index contributed by atoms with van der Waals surface area (Å²) in [6, 6.07) is 13.9. The number of nitrogens with zero attached hydrogens (tertiary/aromatic N) is 2. The van der Waals surface area contributed by atoms with Crippen LogP contribution in [-0.4, -0.2) is 22.6 Å². The van der Waals surface area contributed by atoms with Crippen molar-refractivity contribution in [3.05, 3.63) is 65.0 Å². The maximum absolute atomic E-state index is 12.1. The van der Waals surface area contributed by atoms with Crippen molar-refractivity contribution in [3.63, 3.8) is 0 Å². The first kappa shape index (κ1) is 16.2. The van der Waals surface area contributed by atoms with E-state index in [0.29, 0.717) is 34.5 Å². The van der Waals surface area contributed by atoms with Crippen LogP contribution in [0.4, 0.5) is 0 Å². The van der Waals surface area contributed by atoms with Gasteiger partial charge in [0, 0.05) is 22.6 Å². The summed E-state index contributed by atoms with van der Waals surface area (Å²) in [5, 5.41) is 8.51. The molecule has 24 heavy (non-hydrogen) atoms. The van der Waals surface area contributed by atoms with E-state index in [1.54, 1.807) is 36.4 Å². The Morgan fingerprint density at radius 2 is 1.79 bits per heavy atom. The summed E-state index contributed by atoms with van der Waals surface area (Å²) in [4.78, 5) is 12.1. The maximum Gasteiger partial charge on any atom is 0.247 e. The summed E-state index contributed by atoms with van der Waals surface area (Å²) in [5.41, 5.74) is 1.37. The van der Waals surface area contributed by atoms with Crippen LogP contribution in [0, 0.1) is 0 Å². The van der Waals surface area contributed by atoms with Crippen LogP contribution >= 0.6 is 11.6 Å². The number of aromatic nitrogens is 2. The highest BCUT2D eigenvalue weighted by molar-refractivity contribution is 6.30. The molecule has 3 aromatic rings. The van der Waals surface area contributed by atoms with Crippen LogP contribution in [0.2, 0.25) is 5.02 Å². The molecule has 0 aliphatic heterocycles. The standard InChI is InChI=1S/C18H15ClN2O3/c1-2-17-20-21-18(24-17)13-5-9-15(10-6-13)23-11-16(22)12-3-7-14(19)8-4-12/h3-10H,2,11H2,1H3. The highest BCUT2D eigenvalue weighted by atomic mass is 35.5. The zero-order valence-corrected chi connectivity index (χ0v) is 13.8. The molecule has 1 aromatic heterocycles. The van der Waals surface area contributed by atoms with Crippen molar-refractivity contribution < 1.29 is 13.9 Å². The van der Waals surface area contributed by atoms with Gasteiger partial charge in [0.15, 0.2) is 12.4 Å². The first-order chi connectivity index (χ1) is 11.7. The Hall–Kier alpha value is -2.66. The topological polar surface area (TPSA) is 65.2 Å². The van der Waals surface area contributed by atoms with Crippen LogP contribution in [-0.2, 0) is 6.42 Å². The van der Waals surface area contributed by atoms with Crippen molar-refractivity contribution in [1.82, 2.24) is 10.2 Å². The molecule has 0 aliphatic carbocycles. The summed E-state index contributed by atoms with van der Waals surface area (Å²) >= 11 is 5.81. The van der Waals surface area contributed by atoms with Gasteiger partial charge in [0.1, 0.15) is 5.75 Å². The number of benzene rings is 2. The summed E-state index contributed by atoms with van der Waals surface area (Å²) < 4.78 is 11.0. The fourth-order valence-electron chi connectivity index (χ4n) is 2.07. The molecule has 6 heteroatoms. The molecule has 0 amide bonds. The van der Waals surface area contributed by atoms with Gasteiger partial charge in [-0.15, -0.1) is 10.2 Å². The number of carbonyl (C=O) groups excluding carboxylic acids is 1. The molecule has 0 aliphatic rings. The molecule has 5 nitrogen and oxygen atoms in total. The summed E-state index contributed by atoms with van der Waals surface area (Å²) in [6.07, 6.45) is 0.695. The monoisotopic (exact) mass is 342 g/mol. The Morgan fingerprint density at radius 1 is 1.08 bits per heavy atom. The van der Waals surface area contributed by atoms with Crippen molar-refractivity contribution in [2.45, 2.75) is 13.3 Å². The zero-order valence-electron chi connectivity index (χ0n) is 13.0. The van der Waals surface area contributed by atoms with Gasteiger partial charge in [-0.25, -0.2) is 0 Å².